The number of carbonyl (C=O) groups excluding carboxylic acids is 1. The quantitative estimate of drug-likeness (QED) is 0.834. The van der Waals surface area contributed by atoms with Crippen molar-refractivity contribution in [3.05, 3.63) is 46.3 Å². The minimum absolute atomic E-state index is 0.110. The summed E-state index contributed by atoms with van der Waals surface area (Å²) in [5.74, 6) is 0.925. The monoisotopic (exact) mass is 344 g/mol. The van der Waals surface area contributed by atoms with Crippen molar-refractivity contribution in [1.82, 2.24) is 14.8 Å². The van der Waals surface area contributed by atoms with E-state index in [-0.39, 0.29) is 5.91 Å². The van der Waals surface area contributed by atoms with Crippen LogP contribution < -0.4 is 4.90 Å². The van der Waals surface area contributed by atoms with Gasteiger partial charge >= 0.3 is 0 Å². The summed E-state index contributed by atoms with van der Waals surface area (Å²) < 4.78 is 0. The molecule has 0 N–H and O–H groups in total. The van der Waals surface area contributed by atoms with Crippen LogP contribution in [0.15, 0.2) is 35.8 Å². The molecule has 0 bridgehead atoms. The Morgan fingerprint density at radius 1 is 1.25 bits per heavy atom. The van der Waals surface area contributed by atoms with Gasteiger partial charge in [0, 0.05) is 63.5 Å². The van der Waals surface area contributed by atoms with Crippen molar-refractivity contribution in [3.63, 3.8) is 0 Å². The van der Waals surface area contributed by atoms with E-state index in [2.05, 4.69) is 27.4 Å². The SMILES string of the molecule is CN(C)c1cc(C(=O)N2CCN(CCc3cccs3)CC2)ccn1. The molecule has 6 heteroatoms. The lowest BCUT2D eigenvalue weighted by atomic mass is 10.2. The Bertz CT molecular complexity index is 663. The lowest BCUT2D eigenvalue weighted by Crippen LogP contribution is -2.49. The molecule has 1 fully saturated rings. The second-order valence-electron chi connectivity index (χ2n) is 6.26. The van der Waals surface area contributed by atoms with Crippen molar-refractivity contribution in [2.24, 2.45) is 0 Å². The number of piperazine rings is 1. The molecule has 0 aliphatic carbocycles. The maximum absolute atomic E-state index is 12.7. The molecule has 1 saturated heterocycles. The van der Waals surface area contributed by atoms with E-state index in [0.29, 0.717) is 0 Å². The van der Waals surface area contributed by atoms with Gasteiger partial charge in [0.15, 0.2) is 0 Å². The van der Waals surface area contributed by atoms with Gasteiger partial charge in [0.25, 0.3) is 5.91 Å². The van der Waals surface area contributed by atoms with E-state index in [0.717, 1.165) is 50.5 Å². The first-order chi connectivity index (χ1) is 11.6. The van der Waals surface area contributed by atoms with Crippen LogP contribution >= 0.6 is 11.3 Å². The fraction of sp³-hybridized carbons (Fsp3) is 0.444. The van der Waals surface area contributed by atoms with Crippen molar-refractivity contribution in [2.75, 3.05) is 51.7 Å². The van der Waals surface area contributed by atoms with Gasteiger partial charge in [-0.2, -0.15) is 0 Å². The number of pyridine rings is 1. The number of amides is 1. The predicted molar refractivity (Wildman–Crippen MR) is 98.9 cm³/mol. The standard InChI is InChI=1S/C18H24N4OS/c1-20(2)17-14-15(5-7-19-17)18(23)22-11-9-21(10-12-22)8-6-16-4-3-13-24-16/h3-5,7,13-14H,6,8-12H2,1-2H3. The number of anilines is 1. The second kappa shape index (κ2) is 7.77. The Morgan fingerprint density at radius 3 is 2.71 bits per heavy atom. The first-order valence-electron chi connectivity index (χ1n) is 8.31. The molecular formula is C18H24N4OS. The molecule has 2 aromatic heterocycles. The van der Waals surface area contributed by atoms with Gasteiger partial charge < -0.3 is 9.80 Å². The van der Waals surface area contributed by atoms with Crippen molar-refractivity contribution < 1.29 is 4.79 Å². The molecule has 0 radical (unpaired) electrons. The lowest BCUT2D eigenvalue weighted by Gasteiger charge is -2.34. The summed E-state index contributed by atoms with van der Waals surface area (Å²) in [6.07, 6.45) is 2.81. The molecule has 128 valence electrons. The molecule has 1 aliphatic rings. The number of hydrogen-bond donors (Lipinski definition) is 0. The van der Waals surface area contributed by atoms with Gasteiger partial charge in [0.05, 0.1) is 0 Å². The minimum atomic E-state index is 0.110. The van der Waals surface area contributed by atoms with Crippen LogP contribution in [0.3, 0.4) is 0 Å². The van der Waals surface area contributed by atoms with Gasteiger partial charge in [-0.1, -0.05) is 6.07 Å². The van der Waals surface area contributed by atoms with E-state index in [1.807, 2.05) is 41.3 Å². The molecule has 1 amide bonds. The van der Waals surface area contributed by atoms with E-state index < -0.39 is 0 Å². The number of hydrogen-bond acceptors (Lipinski definition) is 5. The largest absolute Gasteiger partial charge is 0.363 e. The molecule has 3 rings (SSSR count). The highest BCUT2D eigenvalue weighted by molar-refractivity contribution is 7.09. The van der Waals surface area contributed by atoms with E-state index in [1.165, 1.54) is 4.88 Å². The molecule has 0 spiro atoms. The summed E-state index contributed by atoms with van der Waals surface area (Å²) in [7, 11) is 3.87. The third-order valence-corrected chi connectivity index (χ3v) is 5.30. The van der Waals surface area contributed by atoms with E-state index in [9.17, 15) is 4.79 Å². The molecule has 0 unspecified atom stereocenters. The smallest absolute Gasteiger partial charge is 0.254 e. The highest BCUT2D eigenvalue weighted by atomic mass is 32.1. The van der Waals surface area contributed by atoms with Crippen LogP contribution in [0.2, 0.25) is 0 Å². The van der Waals surface area contributed by atoms with Gasteiger partial charge in [-0.25, -0.2) is 4.98 Å². The summed E-state index contributed by atoms with van der Waals surface area (Å²) in [5, 5.41) is 2.13. The molecule has 1 aliphatic heterocycles. The summed E-state index contributed by atoms with van der Waals surface area (Å²) in [5.41, 5.74) is 0.723. The number of rotatable bonds is 5. The van der Waals surface area contributed by atoms with E-state index >= 15 is 0 Å². The van der Waals surface area contributed by atoms with Gasteiger partial charge in [-0.05, 0) is 30.0 Å². The van der Waals surface area contributed by atoms with Crippen LogP contribution in [0.4, 0.5) is 5.82 Å². The van der Waals surface area contributed by atoms with Crippen molar-refractivity contribution in [2.45, 2.75) is 6.42 Å². The number of carbonyl (C=O) groups is 1. The lowest BCUT2D eigenvalue weighted by molar-refractivity contribution is 0.0638. The van der Waals surface area contributed by atoms with Crippen LogP contribution in [0.5, 0.6) is 0 Å². The summed E-state index contributed by atoms with van der Waals surface area (Å²) in [4.78, 5) is 24.7. The first kappa shape index (κ1) is 16.9. The van der Waals surface area contributed by atoms with E-state index in [4.69, 9.17) is 0 Å². The van der Waals surface area contributed by atoms with Gasteiger partial charge in [-0.3, -0.25) is 9.69 Å². The van der Waals surface area contributed by atoms with Gasteiger partial charge in [0.2, 0.25) is 0 Å². The van der Waals surface area contributed by atoms with E-state index in [1.54, 1.807) is 12.3 Å². The van der Waals surface area contributed by atoms with Crippen LogP contribution in [0.25, 0.3) is 0 Å². The van der Waals surface area contributed by atoms with Crippen LogP contribution in [-0.2, 0) is 6.42 Å². The fourth-order valence-electron chi connectivity index (χ4n) is 2.88. The zero-order valence-corrected chi connectivity index (χ0v) is 15.1. The maximum atomic E-state index is 12.7. The minimum Gasteiger partial charge on any atom is -0.363 e. The van der Waals surface area contributed by atoms with Crippen molar-refractivity contribution >= 4 is 23.1 Å². The molecule has 0 atom stereocenters. The zero-order chi connectivity index (χ0) is 16.9. The zero-order valence-electron chi connectivity index (χ0n) is 14.3. The molecule has 24 heavy (non-hydrogen) atoms. The van der Waals surface area contributed by atoms with Gasteiger partial charge in [0.1, 0.15) is 5.82 Å². The molecule has 3 heterocycles. The molecule has 2 aromatic rings. The molecule has 0 aromatic carbocycles. The average molecular weight is 344 g/mol. The first-order valence-corrected chi connectivity index (χ1v) is 9.19. The summed E-state index contributed by atoms with van der Waals surface area (Å²) in [6, 6.07) is 7.97. The number of aromatic nitrogens is 1. The Morgan fingerprint density at radius 2 is 2.04 bits per heavy atom. The highest BCUT2D eigenvalue weighted by Crippen LogP contribution is 2.14. The number of thiophene rings is 1. The molecular weight excluding hydrogens is 320 g/mol. The number of nitrogens with zero attached hydrogens (tertiary/aromatic N) is 4. The Kier molecular flexibility index (Phi) is 5.48. The normalized spacial score (nSPS) is 15.5. The highest BCUT2D eigenvalue weighted by Gasteiger charge is 2.22. The van der Waals surface area contributed by atoms with Crippen LogP contribution in [-0.4, -0.2) is 67.5 Å². The average Bonchev–Trinajstić information content (AvgIpc) is 3.13. The van der Waals surface area contributed by atoms with Crippen LogP contribution in [0.1, 0.15) is 15.2 Å². The third kappa shape index (κ3) is 4.13. The Hall–Kier alpha value is -1.92. The molecule has 5 nitrogen and oxygen atoms in total. The summed E-state index contributed by atoms with van der Waals surface area (Å²) in [6.45, 7) is 4.56. The predicted octanol–water partition coefficient (Wildman–Crippen LogP) is 2.21. The third-order valence-electron chi connectivity index (χ3n) is 4.36. The van der Waals surface area contributed by atoms with Crippen molar-refractivity contribution in [3.8, 4) is 0 Å². The van der Waals surface area contributed by atoms with Gasteiger partial charge in [-0.15, -0.1) is 11.3 Å². The second-order valence-corrected chi connectivity index (χ2v) is 7.29. The van der Waals surface area contributed by atoms with Crippen LogP contribution in [0, 0.1) is 0 Å². The summed E-state index contributed by atoms with van der Waals surface area (Å²) >= 11 is 1.82. The Labute approximate surface area is 147 Å². The molecule has 0 saturated carbocycles. The fourth-order valence-corrected chi connectivity index (χ4v) is 3.57. The maximum Gasteiger partial charge on any atom is 0.254 e. The topological polar surface area (TPSA) is 39.7 Å². The Balaban J connectivity index is 1.52. The van der Waals surface area contributed by atoms with Crippen molar-refractivity contribution in [1.29, 1.82) is 0 Å².